The van der Waals surface area contributed by atoms with E-state index in [1.54, 1.807) is 49.6 Å². The lowest BCUT2D eigenvalue weighted by atomic mass is 10.0. The molecule has 2 aromatic rings. The van der Waals surface area contributed by atoms with Gasteiger partial charge in [-0.25, -0.2) is 8.42 Å². The fourth-order valence-corrected chi connectivity index (χ4v) is 5.12. The zero-order valence-electron chi connectivity index (χ0n) is 18.3. The maximum absolute atomic E-state index is 12.7. The Morgan fingerprint density at radius 2 is 1.73 bits per heavy atom. The van der Waals surface area contributed by atoms with Crippen molar-refractivity contribution in [3.05, 3.63) is 54.6 Å². The first kappa shape index (κ1) is 23.5. The van der Waals surface area contributed by atoms with E-state index >= 15 is 0 Å². The van der Waals surface area contributed by atoms with Gasteiger partial charge in [0.1, 0.15) is 35.6 Å². The van der Waals surface area contributed by atoms with Crippen LogP contribution in [0, 0.1) is 0 Å². The number of rotatable bonds is 7. The van der Waals surface area contributed by atoms with E-state index in [0.29, 0.717) is 11.5 Å². The lowest BCUT2D eigenvalue weighted by Gasteiger charge is -2.44. The number of sulfone groups is 1. The van der Waals surface area contributed by atoms with Crippen LogP contribution in [0.15, 0.2) is 59.5 Å². The molecule has 0 radical (unpaired) electrons. The third kappa shape index (κ3) is 5.83. The quantitative estimate of drug-likeness (QED) is 0.554. The van der Waals surface area contributed by atoms with Crippen molar-refractivity contribution >= 4 is 15.8 Å². The summed E-state index contributed by atoms with van der Waals surface area (Å²) in [6.45, 7) is 1.38. The Bertz CT molecular complexity index is 1040. The molecule has 5 atom stereocenters. The standard InChI is InChI=1S/C23H26O9S/c1-15(24)29-19-12-21(30-17-10-8-16(27-2)9-11-17)31-20-13-28-22(32-23(19)20)14-33(25,26)18-6-4-3-5-7-18/h3-11,19-23H,12-14H2,1-2H3/t19-,20-,21?,22?,23+/m1/s1. The highest BCUT2D eigenvalue weighted by Gasteiger charge is 2.47. The SMILES string of the molecule is COc1ccc(OC2C[C@@H](OC(C)=O)[C@@H]3OC(CS(=O)(=O)c4ccccc4)OC[C@H]3O2)cc1. The Balaban J connectivity index is 1.44. The van der Waals surface area contributed by atoms with Crippen LogP contribution in [-0.4, -0.2) is 64.7 Å². The molecule has 2 aromatic carbocycles. The molecule has 0 saturated carbocycles. The summed E-state index contributed by atoms with van der Waals surface area (Å²) >= 11 is 0. The molecule has 2 saturated heterocycles. The first-order valence-corrected chi connectivity index (χ1v) is 12.2. The van der Waals surface area contributed by atoms with Crippen molar-refractivity contribution in [3.8, 4) is 11.5 Å². The van der Waals surface area contributed by atoms with Crippen LogP contribution in [-0.2, 0) is 33.6 Å². The van der Waals surface area contributed by atoms with Gasteiger partial charge in [0.15, 0.2) is 16.1 Å². The number of hydrogen-bond donors (Lipinski definition) is 0. The summed E-state index contributed by atoms with van der Waals surface area (Å²) in [7, 11) is -2.05. The van der Waals surface area contributed by atoms with Crippen LogP contribution in [0.5, 0.6) is 11.5 Å². The summed E-state index contributed by atoms with van der Waals surface area (Å²) in [5.74, 6) is 0.409. The van der Waals surface area contributed by atoms with Gasteiger partial charge in [-0.15, -0.1) is 0 Å². The zero-order valence-corrected chi connectivity index (χ0v) is 19.1. The molecule has 2 heterocycles. The lowest BCUT2D eigenvalue weighted by Crippen LogP contribution is -2.59. The molecule has 10 heteroatoms. The molecule has 4 rings (SSSR count). The second kappa shape index (κ2) is 10.1. The zero-order chi connectivity index (χ0) is 23.4. The fraction of sp³-hybridized carbons (Fsp3) is 0.435. The third-order valence-corrected chi connectivity index (χ3v) is 7.04. The van der Waals surface area contributed by atoms with Crippen molar-refractivity contribution in [3.63, 3.8) is 0 Å². The highest BCUT2D eigenvalue weighted by molar-refractivity contribution is 7.91. The highest BCUT2D eigenvalue weighted by Crippen LogP contribution is 2.32. The molecule has 178 valence electrons. The van der Waals surface area contributed by atoms with Crippen molar-refractivity contribution in [2.75, 3.05) is 19.5 Å². The van der Waals surface area contributed by atoms with Gasteiger partial charge in [-0.1, -0.05) is 18.2 Å². The largest absolute Gasteiger partial charge is 0.497 e. The predicted octanol–water partition coefficient (Wildman–Crippen LogP) is 2.34. The summed E-state index contributed by atoms with van der Waals surface area (Å²) in [5, 5.41) is 0. The maximum Gasteiger partial charge on any atom is 0.303 e. The number of benzene rings is 2. The second-order valence-electron chi connectivity index (χ2n) is 7.74. The van der Waals surface area contributed by atoms with Crippen molar-refractivity contribution in [1.82, 2.24) is 0 Å². The molecule has 0 aliphatic carbocycles. The summed E-state index contributed by atoms with van der Waals surface area (Å²) in [6, 6.07) is 15.1. The normalized spacial score (nSPS) is 27.3. The molecule has 2 fully saturated rings. The summed E-state index contributed by atoms with van der Waals surface area (Å²) < 4.78 is 59.5. The number of esters is 1. The number of ether oxygens (including phenoxy) is 6. The number of fused-ring (bicyclic) bond motifs is 1. The molecule has 0 N–H and O–H groups in total. The molecule has 33 heavy (non-hydrogen) atoms. The minimum absolute atomic E-state index is 0.0693. The van der Waals surface area contributed by atoms with Gasteiger partial charge in [0.25, 0.3) is 0 Å². The van der Waals surface area contributed by atoms with Gasteiger partial charge in [-0.05, 0) is 36.4 Å². The minimum atomic E-state index is -3.63. The smallest absolute Gasteiger partial charge is 0.303 e. The average molecular weight is 479 g/mol. The van der Waals surface area contributed by atoms with Gasteiger partial charge >= 0.3 is 5.97 Å². The fourth-order valence-electron chi connectivity index (χ4n) is 3.82. The molecule has 0 bridgehead atoms. The number of carbonyl (C=O) groups excluding carboxylic acids is 1. The minimum Gasteiger partial charge on any atom is -0.497 e. The van der Waals surface area contributed by atoms with Crippen molar-refractivity contribution in [1.29, 1.82) is 0 Å². The van der Waals surface area contributed by atoms with Gasteiger partial charge in [-0.3, -0.25) is 4.79 Å². The van der Waals surface area contributed by atoms with E-state index < -0.39 is 46.7 Å². The Labute approximate surface area is 192 Å². The van der Waals surface area contributed by atoms with Crippen LogP contribution in [0.3, 0.4) is 0 Å². The van der Waals surface area contributed by atoms with Crippen molar-refractivity contribution in [2.45, 2.75) is 49.1 Å². The molecule has 2 aliphatic heterocycles. The van der Waals surface area contributed by atoms with Gasteiger partial charge < -0.3 is 28.4 Å². The van der Waals surface area contributed by atoms with E-state index in [-0.39, 0.29) is 23.7 Å². The van der Waals surface area contributed by atoms with Crippen LogP contribution in [0.1, 0.15) is 13.3 Å². The molecule has 9 nitrogen and oxygen atoms in total. The summed E-state index contributed by atoms with van der Waals surface area (Å²) in [5.41, 5.74) is 0. The van der Waals surface area contributed by atoms with E-state index in [1.807, 2.05) is 0 Å². The molecular weight excluding hydrogens is 452 g/mol. The summed E-state index contributed by atoms with van der Waals surface area (Å²) in [6.07, 6.45) is -3.48. The van der Waals surface area contributed by atoms with Gasteiger partial charge in [0, 0.05) is 13.3 Å². The van der Waals surface area contributed by atoms with Gasteiger partial charge in [0.05, 0.1) is 18.6 Å². The summed E-state index contributed by atoms with van der Waals surface area (Å²) in [4.78, 5) is 11.9. The van der Waals surface area contributed by atoms with Crippen molar-refractivity contribution < 1.29 is 41.6 Å². The van der Waals surface area contributed by atoms with Crippen LogP contribution in [0.2, 0.25) is 0 Å². The van der Waals surface area contributed by atoms with Crippen LogP contribution >= 0.6 is 0 Å². The molecule has 0 spiro atoms. The first-order chi connectivity index (χ1) is 15.8. The molecule has 2 aliphatic rings. The monoisotopic (exact) mass is 478 g/mol. The van der Waals surface area contributed by atoms with Crippen molar-refractivity contribution in [2.24, 2.45) is 0 Å². The number of carbonyl (C=O) groups is 1. The van der Waals surface area contributed by atoms with E-state index in [2.05, 4.69) is 0 Å². The van der Waals surface area contributed by atoms with Crippen LogP contribution in [0.25, 0.3) is 0 Å². The van der Waals surface area contributed by atoms with E-state index in [0.717, 1.165) is 0 Å². The topological polar surface area (TPSA) is 107 Å². The molecule has 0 amide bonds. The van der Waals surface area contributed by atoms with E-state index in [1.165, 1.54) is 19.1 Å². The number of methoxy groups -OCH3 is 1. The Morgan fingerprint density at radius 3 is 2.39 bits per heavy atom. The van der Waals surface area contributed by atoms with Gasteiger partial charge in [-0.2, -0.15) is 0 Å². The maximum atomic E-state index is 12.7. The predicted molar refractivity (Wildman–Crippen MR) is 116 cm³/mol. The van der Waals surface area contributed by atoms with E-state index in [9.17, 15) is 13.2 Å². The highest BCUT2D eigenvalue weighted by atomic mass is 32.2. The molecule has 0 aromatic heterocycles. The number of hydrogen-bond acceptors (Lipinski definition) is 9. The molecule has 2 unspecified atom stereocenters. The second-order valence-corrected chi connectivity index (χ2v) is 9.77. The van der Waals surface area contributed by atoms with Crippen LogP contribution in [0.4, 0.5) is 0 Å². The first-order valence-electron chi connectivity index (χ1n) is 10.5. The third-order valence-electron chi connectivity index (χ3n) is 5.34. The molecular formula is C23H26O9S. The van der Waals surface area contributed by atoms with Gasteiger partial charge in [0.2, 0.25) is 6.29 Å². The Kier molecular flexibility index (Phi) is 7.18. The van der Waals surface area contributed by atoms with Crippen LogP contribution < -0.4 is 9.47 Å². The van der Waals surface area contributed by atoms with E-state index in [4.69, 9.17) is 28.4 Å². The Morgan fingerprint density at radius 1 is 1.03 bits per heavy atom. The Hall–Kier alpha value is -2.66. The average Bonchev–Trinajstić information content (AvgIpc) is 2.80. The lowest BCUT2D eigenvalue weighted by molar-refractivity contribution is -0.320.